The molecule has 1 unspecified atom stereocenters. The molecule has 0 fully saturated rings. The lowest BCUT2D eigenvalue weighted by Crippen LogP contribution is -2.17. The Labute approximate surface area is 64.2 Å². The van der Waals surface area contributed by atoms with Gasteiger partial charge in [-0.2, -0.15) is 0 Å². The molecule has 1 aliphatic heterocycles. The molecule has 10 heavy (non-hydrogen) atoms. The first kappa shape index (κ1) is 8.04. The normalized spacial score (nSPS) is 20.8. The van der Waals surface area contributed by atoms with Crippen LogP contribution in [-0.2, 0) is 0 Å². The Morgan fingerprint density at radius 3 is 3.10 bits per heavy atom. The van der Waals surface area contributed by atoms with Crippen LogP contribution in [0, 0.1) is 6.42 Å². The molecule has 3 nitrogen and oxygen atoms in total. The molecule has 1 aliphatic rings. The van der Waals surface area contributed by atoms with Crippen molar-refractivity contribution in [2.75, 3.05) is 18.9 Å². The fraction of sp³-hybridized carbons (Fsp3) is 0.667. The lowest BCUT2D eigenvalue weighted by molar-refractivity contribution is 0.237. The summed E-state index contributed by atoms with van der Waals surface area (Å²) in [5, 5.41) is 18.3. The van der Waals surface area contributed by atoms with Gasteiger partial charge in [0.2, 0.25) is 0 Å². The van der Waals surface area contributed by atoms with Gasteiger partial charge in [-0.05, 0) is 0 Å². The van der Waals surface area contributed by atoms with E-state index in [9.17, 15) is 5.11 Å². The molecule has 0 amide bonds. The smallest absolute Gasteiger partial charge is 0.107 e. The van der Waals surface area contributed by atoms with Gasteiger partial charge in [0.1, 0.15) is 6.10 Å². The monoisotopic (exact) mass is 160 g/mol. The van der Waals surface area contributed by atoms with E-state index in [-0.39, 0.29) is 6.61 Å². The molecule has 1 rings (SSSR count). The van der Waals surface area contributed by atoms with E-state index in [0.29, 0.717) is 0 Å². The van der Waals surface area contributed by atoms with Crippen LogP contribution in [0.2, 0.25) is 0 Å². The van der Waals surface area contributed by atoms with E-state index < -0.39 is 6.10 Å². The molecule has 2 N–H and O–H groups in total. The van der Waals surface area contributed by atoms with Crippen LogP contribution in [0.5, 0.6) is 0 Å². The third-order valence-electron chi connectivity index (χ3n) is 1.19. The van der Waals surface area contributed by atoms with Crippen molar-refractivity contribution in [2.45, 2.75) is 6.10 Å². The summed E-state index contributed by atoms with van der Waals surface area (Å²) in [7, 11) is 0. The van der Waals surface area contributed by atoms with E-state index >= 15 is 0 Å². The fourth-order valence-electron chi connectivity index (χ4n) is 0.731. The summed E-state index contributed by atoms with van der Waals surface area (Å²) in [6, 6.07) is 0. The van der Waals surface area contributed by atoms with E-state index in [2.05, 4.69) is 4.99 Å². The Kier molecular flexibility index (Phi) is 3.18. The minimum absolute atomic E-state index is 0.0965. The molecular formula is C6H10NO2S. The van der Waals surface area contributed by atoms with E-state index in [1.54, 1.807) is 11.8 Å². The molecule has 0 aromatic carbocycles. The maximum absolute atomic E-state index is 9.18. The Balaban J connectivity index is 2.32. The van der Waals surface area contributed by atoms with Gasteiger partial charge in [0.05, 0.1) is 5.04 Å². The highest BCUT2D eigenvalue weighted by Crippen LogP contribution is 2.15. The van der Waals surface area contributed by atoms with Crippen LogP contribution in [0.3, 0.4) is 0 Å². The summed E-state index contributed by atoms with van der Waals surface area (Å²) in [5.74, 6) is 0.950. The van der Waals surface area contributed by atoms with Crippen molar-refractivity contribution in [3.8, 4) is 0 Å². The minimum atomic E-state index is -0.655. The maximum atomic E-state index is 9.18. The highest BCUT2D eigenvalue weighted by atomic mass is 32.2. The first-order valence-corrected chi connectivity index (χ1v) is 4.12. The van der Waals surface area contributed by atoms with Gasteiger partial charge in [-0.1, -0.05) is 0 Å². The van der Waals surface area contributed by atoms with Crippen molar-refractivity contribution in [3.05, 3.63) is 6.42 Å². The van der Waals surface area contributed by atoms with Crippen molar-refractivity contribution in [1.82, 2.24) is 0 Å². The lowest BCUT2D eigenvalue weighted by atomic mass is 10.3. The Bertz CT molecular complexity index is 138. The van der Waals surface area contributed by atoms with Gasteiger partial charge < -0.3 is 10.2 Å². The second-order valence-corrected chi connectivity index (χ2v) is 3.05. The number of aliphatic hydroxyl groups excluding tert-OH is 2. The second-order valence-electron chi connectivity index (χ2n) is 1.93. The molecule has 1 radical (unpaired) electrons. The van der Waals surface area contributed by atoms with Gasteiger partial charge in [0.25, 0.3) is 0 Å². The average molecular weight is 160 g/mol. The number of thioether (sulfide) groups is 1. The van der Waals surface area contributed by atoms with Crippen LogP contribution in [0.25, 0.3) is 0 Å². The summed E-state index contributed by atoms with van der Waals surface area (Å²) >= 11 is 1.55. The zero-order chi connectivity index (χ0) is 7.40. The quantitative estimate of drug-likeness (QED) is 0.595. The van der Waals surface area contributed by atoms with E-state index in [4.69, 9.17) is 5.11 Å². The molecule has 0 saturated carbocycles. The van der Waals surface area contributed by atoms with Crippen LogP contribution in [-0.4, -0.2) is 40.3 Å². The van der Waals surface area contributed by atoms with Gasteiger partial charge in [0, 0.05) is 25.3 Å². The first-order chi connectivity index (χ1) is 4.84. The van der Waals surface area contributed by atoms with Gasteiger partial charge in [0.15, 0.2) is 0 Å². The SMILES string of the molecule is OC[CH]C(O)C1=NCCS1. The van der Waals surface area contributed by atoms with Gasteiger partial charge >= 0.3 is 0 Å². The van der Waals surface area contributed by atoms with E-state index in [0.717, 1.165) is 17.3 Å². The topological polar surface area (TPSA) is 52.8 Å². The molecule has 0 spiro atoms. The van der Waals surface area contributed by atoms with Gasteiger partial charge in [-0.25, -0.2) is 0 Å². The molecule has 0 aliphatic carbocycles. The van der Waals surface area contributed by atoms with E-state index in [1.807, 2.05) is 0 Å². The zero-order valence-corrected chi connectivity index (χ0v) is 6.34. The highest BCUT2D eigenvalue weighted by Gasteiger charge is 2.15. The third kappa shape index (κ3) is 1.97. The standard InChI is InChI=1S/C6H10NO2S/c8-3-1-5(9)6-7-2-4-10-6/h1,5,8-9H,2-4H2. The predicted molar refractivity (Wildman–Crippen MR) is 42.2 cm³/mol. The van der Waals surface area contributed by atoms with Crippen molar-refractivity contribution < 1.29 is 10.2 Å². The number of aliphatic imine (C=N–C) groups is 1. The molecule has 57 valence electrons. The number of hydrogen-bond acceptors (Lipinski definition) is 4. The molecule has 4 heteroatoms. The Morgan fingerprint density at radius 2 is 2.60 bits per heavy atom. The van der Waals surface area contributed by atoms with E-state index in [1.165, 1.54) is 6.42 Å². The predicted octanol–water partition coefficient (Wildman–Crippen LogP) is -0.311. The minimum Gasteiger partial charge on any atom is -0.396 e. The summed E-state index contributed by atoms with van der Waals surface area (Å²) in [4.78, 5) is 4.04. The van der Waals surface area contributed by atoms with Crippen molar-refractivity contribution >= 4 is 16.8 Å². The van der Waals surface area contributed by atoms with Crippen LogP contribution in [0.4, 0.5) is 0 Å². The molecule has 0 bridgehead atoms. The van der Waals surface area contributed by atoms with Gasteiger partial charge in [-0.3, -0.25) is 4.99 Å². The Morgan fingerprint density at radius 1 is 1.80 bits per heavy atom. The van der Waals surface area contributed by atoms with Gasteiger partial charge in [-0.15, -0.1) is 11.8 Å². The second kappa shape index (κ2) is 3.95. The lowest BCUT2D eigenvalue weighted by Gasteiger charge is -2.05. The largest absolute Gasteiger partial charge is 0.396 e. The highest BCUT2D eigenvalue weighted by molar-refractivity contribution is 8.14. The van der Waals surface area contributed by atoms with Crippen molar-refractivity contribution in [3.63, 3.8) is 0 Å². The maximum Gasteiger partial charge on any atom is 0.107 e. The number of aliphatic hydroxyl groups is 2. The van der Waals surface area contributed by atoms with Crippen molar-refractivity contribution in [2.24, 2.45) is 4.99 Å². The summed E-state index contributed by atoms with van der Waals surface area (Å²) < 4.78 is 0. The molecule has 0 saturated heterocycles. The first-order valence-electron chi connectivity index (χ1n) is 3.14. The molecule has 1 atom stereocenters. The van der Waals surface area contributed by atoms with Crippen LogP contribution >= 0.6 is 11.8 Å². The van der Waals surface area contributed by atoms with Crippen LogP contribution in [0.1, 0.15) is 0 Å². The molecule has 0 aromatic heterocycles. The van der Waals surface area contributed by atoms with Crippen molar-refractivity contribution in [1.29, 1.82) is 0 Å². The summed E-state index contributed by atoms with van der Waals surface area (Å²) in [5.41, 5.74) is 0. The third-order valence-corrected chi connectivity index (χ3v) is 2.24. The number of nitrogens with zero attached hydrogens (tertiary/aromatic N) is 1. The van der Waals surface area contributed by atoms with Crippen LogP contribution in [0.15, 0.2) is 4.99 Å². The summed E-state index contributed by atoms with van der Waals surface area (Å²) in [6.45, 7) is 0.692. The number of rotatable bonds is 3. The Hall–Kier alpha value is -0.0600. The van der Waals surface area contributed by atoms with Crippen LogP contribution < -0.4 is 0 Å². The molecular weight excluding hydrogens is 150 g/mol. The summed E-state index contributed by atoms with van der Waals surface area (Å²) in [6.07, 6.45) is 0.773. The fourth-order valence-corrected chi connectivity index (χ4v) is 1.57. The average Bonchev–Trinajstić information content (AvgIpc) is 2.38. The zero-order valence-electron chi connectivity index (χ0n) is 5.53. The molecule has 1 heterocycles. The molecule has 0 aromatic rings. The number of hydrogen-bond donors (Lipinski definition) is 2.